The molecule has 0 unspecified atom stereocenters. The molecule has 1 amide bonds. The van der Waals surface area contributed by atoms with Gasteiger partial charge >= 0.3 is 6.18 Å². The predicted octanol–water partition coefficient (Wildman–Crippen LogP) is 3.29. The molecule has 27 heavy (non-hydrogen) atoms. The van der Waals surface area contributed by atoms with Gasteiger partial charge in [-0.2, -0.15) is 18.3 Å². The van der Waals surface area contributed by atoms with Gasteiger partial charge in [-0.05, 0) is 36.4 Å². The van der Waals surface area contributed by atoms with E-state index in [2.05, 4.69) is 15.4 Å². The summed E-state index contributed by atoms with van der Waals surface area (Å²) in [6, 6.07) is 8.13. The molecule has 3 heterocycles. The molecule has 1 N–H and O–H groups in total. The molecular weight excluding hydrogens is 359 g/mol. The summed E-state index contributed by atoms with van der Waals surface area (Å²) in [6.07, 6.45) is -2.64. The molecule has 1 aromatic carbocycles. The minimum Gasteiger partial charge on any atom is -0.354 e. The summed E-state index contributed by atoms with van der Waals surface area (Å²) in [5.41, 5.74) is 1.81. The number of nitrogens with zero attached hydrogens (tertiary/aromatic N) is 4. The fourth-order valence-corrected chi connectivity index (χ4v) is 3.07. The van der Waals surface area contributed by atoms with Gasteiger partial charge in [-0.3, -0.25) is 14.0 Å². The molecule has 0 aliphatic carbocycles. The average molecular weight is 373 g/mol. The van der Waals surface area contributed by atoms with Crippen molar-refractivity contribution in [1.82, 2.24) is 24.6 Å². The lowest BCUT2D eigenvalue weighted by Gasteiger charge is -2.10. The number of carbonyl (C=O) groups is 1. The van der Waals surface area contributed by atoms with Gasteiger partial charge in [0.15, 0.2) is 5.65 Å². The van der Waals surface area contributed by atoms with Crippen molar-refractivity contribution in [2.45, 2.75) is 6.18 Å². The van der Waals surface area contributed by atoms with Gasteiger partial charge in [-0.25, -0.2) is 4.98 Å². The van der Waals surface area contributed by atoms with Gasteiger partial charge < -0.3 is 5.32 Å². The number of hydrogen-bond donors (Lipinski definition) is 1. The van der Waals surface area contributed by atoms with Gasteiger partial charge in [0.2, 0.25) is 0 Å². The highest BCUT2D eigenvalue weighted by Gasteiger charge is 2.30. The number of amides is 1. The number of halogens is 3. The first-order chi connectivity index (χ1) is 12.8. The Hall–Kier alpha value is -3.36. The first kappa shape index (κ1) is 17.1. The highest BCUT2D eigenvalue weighted by molar-refractivity contribution is 6.07. The molecule has 0 spiro atoms. The van der Waals surface area contributed by atoms with Crippen molar-refractivity contribution in [2.24, 2.45) is 7.05 Å². The second-order valence-corrected chi connectivity index (χ2v) is 6.06. The quantitative estimate of drug-likeness (QED) is 0.586. The zero-order valence-electron chi connectivity index (χ0n) is 14.4. The van der Waals surface area contributed by atoms with Crippen molar-refractivity contribution in [3.05, 3.63) is 53.9 Å². The monoisotopic (exact) mass is 373 g/mol. The number of carbonyl (C=O) groups excluding carboxylic acids is 1. The lowest BCUT2D eigenvalue weighted by atomic mass is 10.2. The van der Waals surface area contributed by atoms with Gasteiger partial charge in [0.25, 0.3) is 5.91 Å². The second-order valence-electron chi connectivity index (χ2n) is 6.06. The molecule has 0 bridgehead atoms. The largest absolute Gasteiger partial charge is 0.416 e. The van der Waals surface area contributed by atoms with Crippen LogP contribution in [0.5, 0.6) is 0 Å². The number of alkyl halides is 3. The van der Waals surface area contributed by atoms with Crippen molar-refractivity contribution >= 4 is 28.0 Å². The van der Waals surface area contributed by atoms with Crippen LogP contribution >= 0.6 is 0 Å². The van der Waals surface area contributed by atoms with Crippen LogP contribution in [0.15, 0.2) is 42.6 Å². The number of nitrogens with one attached hydrogen (secondary N) is 1. The predicted molar refractivity (Wildman–Crippen MR) is 93.7 cm³/mol. The van der Waals surface area contributed by atoms with E-state index in [4.69, 9.17) is 0 Å². The molecule has 138 valence electrons. The zero-order valence-corrected chi connectivity index (χ0v) is 14.4. The lowest BCUT2D eigenvalue weighted by Crippen LogP contribution is -2.19. The van der Waals surface area contributed by atoms with E-state index in [9.17, 15) is 18.0 Å². The molecule has 0 saturated carbocycles. The zero-order chi connectivity index (χ0) is 19.3. The third kappa shape index (κ3) is 2.71. The van der Waals surface area contributed by atoms with Crippen molar-refractivity contribution < 1.29 is 18.0 Å². The molecule has 0 fully saturated rings. The number of fused-ring (bicyclic) bond motifs is 3. The normalized spacial score (nSPS) is 12.0. The van der Waals surface area contributed by atoms with Crippen LogP contribution in [0.3, 0.4) is 0 Å². The molecule has 0 radical (unpaired) electrons. The Balaban J connectivity index is 1.97. The Morgan fingerprint density at radius 3 is 2.44 bits per heavy atom. The van der Waals surface area contributed by atoms with E-state index in [-0.39, 0.29) is 11.6 Å². The number of rotatable bonds is 2. The van der Waals surface area contributed by atoms with Crippen molar-refractivity contribution in [3.8, 4) is 5.69 Å². The Kier molecular flexibility index (Phi) is 3.69. The number of aromatic nitrogens is 4. The lowest BCUT2D eigenvalue weighted by molar-refractivity contribution is -0.137. The Morgan fingerprint density at radius 2 is 1.81 bits per heavy atom. The third-order valence-corrected chi connectivity index (χ3v) is 4.30. The third-order valence-electron chi connectivity index (χ3n) is 4.30. The van der Waals surface area contributed by atoms with Crippen LogP contribution in [0.1, 0.15) is 16.1 Å². The molecule has 9 heteroatoms. The van der Waals surface area contributed by atoms with Crippen molar-refractivity contribution in [2.75, 3.05) is 7.05 Å². The maximum Gasteiger partial charge on any atom is 0.416 e. The van der Waals surface area contributed by atoms with E-state index in [1.165, 1.54) is 19.2 Å². The minimum atomic E-state index is -4.40. The van der Waals surface area contributed by atoms with Crippen LogP contribution in [0.25, 0.3) is 27.8 Å². The summed E-state index contributed by atoms with van der Waals surface area (Å²) < 4.78 is 41.9. The highest BCUT2D eigenvalue weighted by Crippen LogP contribution is 2.33. The van der Waals surface area contributed by atoms with E-state index in [1.54, 1.807) is 34.6 Å². The standard InChI is InChI=1S/C18H14F3N5O/c1-22-17(27)13-7-8-14-15(23-13)12-9-25(2)24-16(12)26(14)11-5-3-10(4-6-11)18(19,20)21/h3-9H,1-2H3,(H,22,27). The summed E-state index contributed by atoms with van der Waals surface area (Å²) in [5, 5.41) is 7.64. The molecule has 3 aromatic heterocycles. The number of hydrogen-bond acceptors (Lipinski definition) is 3. The molecule has 6 nitrogen and oxygen atoms in total. The van der Waals surface area contributed by atoms with Crippen molar-refractivity contribution in [3.63, 3.8) is 0 Å². The summed E-state index contributed by atoms with van der Waals surface area (Å²) in [5.74, 6) is -0.323. The molecule has 4 aromatic rings. The van der Waals surface area contributed by atoms with Crippen LogP contribution in [-0.4, -0.2) is 32.3 Å². The Labute approximate surface area is 151 Å². The van der Waals surface area contributed by atoms with Crippen LogP contribution in [0.4, 0.5) is 13.2 Å². The number of aryl methyl sites for hydroxylation is 1. The second kappa shape index (κ2) is 5.83. The molecule has 4 rings (SSSR count). The molecule has 0 aliphatic heterocycles. The summed E-state index contributed by atoms with van der Waals surface area (Å²) in [6.45, 7) is 0. The molecule has 0 atom stereocenters. The van der Waals surface area contributed by atoms with E-state index in [0.29, 0.717) is 27.8 Å². The smallest absolute Gasteiger partial charge is 0.354 e. The molecule has 0 aliphatic rings. The fourth-order valence-electron chi connectivity index (χ4n) is 3.07. The van der Waals surface area contributed by atoms with Crippen LogP contribution in [0, 0.1) is 0 Å². The fraction of sp³-hybridized carbons (Fsp3) is 0.167. The van der Waals surface area contributed by atoms with Gasteiger partial charge in [0, 0.05) is 26.0 Å². The molecule has 0 saturated heterocycles. The molecular formula is C18H14F3N5O. The van der Waals surface area contributed by atoms with Gasteiger partial charge in [-0.1, -0.05) is 0 Å². The maximum atomic E-state index is 12.9. The van der Waals surface area contributed by atoms with Gasteiger partial charge in [0.1, 0.15) is 11.2 Å². The average Bonchev–Trinajstić information content (AvgIpc) is 3.14. The first-order valence-electron chi connectivity index (χ1n) is 8.04. The summed E-state index contributed by atoms with van der Waals surface area (Å²) >= 11 is 0. The number of benzene rings is 1. The highest BCUT2D eigenvalue weighted by atomic mass is 19.4. The van der Waals surface area contributed by atoms with Crippen LogP contribution < -0.4 is 5.32 Å². The van der Waals surface area contributed by atoms with Gasteiger partial charge in [-0.15, -0.1) is 0 Å². The topological polar surface area (TPSA) is 64.7 Å². The first-order valence-corrected chi connectivity index (χ1v) is 8.04. The van der Waals surface area contributed by atoms with Gasteiger partial charge in [0.05, 0.1) is 16.5 Å². The van der Waals surface area contributed by atoms with E-state index in [1.807, 2.05) is 0 Å². The Morgan fingerprint density at radius 1 is 1.11 bits per heavy atom. The van der Waals surface area contributed by atoms with Crippen LogP contribution in [0.2, 0.25) is 0 Å². The van der Waals surface area contributed by atoms with E-state index >= 15 is 0 Å². The van der Waals surface area contributed by atoms with E-state index in [0.717, 1.165) is 12.1 Å². The SMILES string of the molecule is CNC(=O)c1ccc2c(n1)c1cn(C)nc1n2-c1ccc(C(F)(F)F)cc1. The van der Waals surface area contributed by atoms with E-state index < -0.39 is 11.7 Å². The summed E-state index contributed by atoms with van der Waals surface area (Å²) in [7, 11) is 3.26. The van der Waals surface area contributed by atoms with Crippen LogP contribution in [-0.2, 0) is 13.2 Å². The maximum absolute atomic E-state index is 12.9. The number of pyridine rings is 1. The van der Waals surface area contributed by atoms with Crippen molar-refractivity contribution in [1.29, 1.82) is 0 Å². The summed E-state index contributed by atoms with van der Waals surface area (Å²) in [4.78, 5) is 16.3. The minimum absolute atomic E-state index is 0.250. The Bertz CT molecular complexity index is 1170.